The fourth-order valence-corrected chi connectivity index (χ4v) is 6.71. The number of rotatable bonds is 2. The van der Waals surface area contributed by atoms with Crippen LogP contribution in [0.2, 0.25) is 17.3 Å². The molecule has 0 atom stereocenters. The Morgan fingerprint density at radius 2 is 1.58 bits per heavy atom. The van der Waals surface area contributed by atoms with Crippen molar-refractivity contribution in [3.8, 4) is 17.3 Å². The van der Waals surface area contributed by atoms with Gasteiger partial charge in [0.25, 0.3) is 0 Å². The van der Waals surface area contributed by atoms with Gasteiger partial charge in [-0.25, -0.2) is 0 Å². The second kappa shape index (κ2) is 7.18. The Morgan fingerprint density at radius 3 is 2.35 bits per heavy atom. The first kappa shape index (κ1) is 19.7. The second-order valence-corrected chi connectivity index (χ2v) is 19.6. The first-order chi connectivity index (χ1) is 14.9. The molecular weight excluding hydrogens is 444 g/mol. The van der Waals surface area contributed by atoms with Crippen molar-refractivity contribution in [3.05, 3.63) is 84.3 Å². The predicted octanol–water partition coefficient (Wildman–Crippen LogP) is 6.76. The Morgan fingerprint density at radius 1 is 0.806 bits per heavy atom. The molecule has 4 heteroatoms. The van der Waals surface area contributed by atoms with E-state index in [-0.39, 0.29) is 5.82 Å². The van der Waals surface area contributed by atoms with E-state index in [2.05, 4.69) is 40.5 Å². The van der Waals surface area contributed by atoms with Crippen LogP contribution in [0.4, 0.5) is 4.39 Å². The van der Waals surface area contributed by atoms with Crippen LogP contribution in [0.3, 0.4) is 0 Å². The van der Waals surface area contributed by atoms with Gasteiger partial charge in [0, 0.05) is 0 Å². The van der Waals surface area contributed by atoms with Crippen molar-refractivity contribution in [1.82, 2.24) is 4.98 Å². The third kappa shape index (κ3) is 3.28. The maximum absolute atomic E-state index is 15.3. The molecule has 150 valence electrons. The average Bonchev–Trinajstić information content (AvgIpc) is 2.77. The standard InChI is InChI=1S/C27H21FGeN2/c1-29(2,3)20-8-9-22-23-10-11-31-27(25(23)15-26(28)24(22)14-20)18-12-17-6-4-5-7-21(17)19(13-18)16-30/h4-15H,1-3H3. The van der Waals surface area contributed by atoms with E-state index in [1.54, 1.807) is 12.3 Å². The van der Waals surface area contributed by atoms with E-state index in [0.29, 0.717) is 16.6 Å². The van der Waals surface area contributed by atoms with Crippen LogP contribution in [0.15, 0.2) is 72.9 Å². The molecule has 0 amide bonds. The zero-order valence-electron chi connectivity index (χ0n) is 17.7. The summed E-state index contributed by atoms with van der Waals surface area (Å²) in [6.45, 7) is 0. The average molecular weight is 465 g/mol. The predicted molar refractivity (Wildman–Crippen MR) is 130 cm³/mol. The number of benzene rings is 4. The van der Waals surface area contributed by atoms with Crippen LogP contribution in [-0.4, -0.2) is 18.3 Å². The van der Waals surface area contributed by atoms with Gasteiger partial charge in [0.05, 0.1) is 0 Å². The van der Waals surface area contributed by atoms with E-state index in [4.69, 9.17) is 0 Å². The van der Waals surface area contributed by atoms with Crippen LogP contribution in [0.1, 0.15) is 5.56 Å². The molecule has 1 aromatic heterocycles. The third-order valence-electron chi connectivity index (χ3n) is 5.95. The maximum atomic E-state index is 15.3. The van der Waals surface area contributed by atoms with Gasteiger partial charge in [-0.2, -0.15) is 0 Å². The van der Waals surface area contributed by atoms with Crippen molar-refractivity contribution in [2.45, 2.75) is 17.3 Å². The van der Waals surface area contributed by atoms with Crippen molar-refractivity contribution in [3.63, 3.8) is 0 Å². The number of hydrogen-bond acceptors (Lipinski definition) is 2. The molecule has 0 saturated heterocycles. The number of halogens is 1. The van der Waals surface area contributed by atoms with Crippen LogP contribution < -0.4 is 4.40 Å². The molecule has 31 heavy (non-hydrogen) atoms. The number of hydrogen-bond donors (Lipinski definition) is 0. The summed E-state index contributed by atoms with van der Waals surface area (Å²) in [5.74, 6) is 6.71. The molecule has 0 bridgehead atoms. The van der Waals surface area contributed by atoms with Crippen molar-refractivity contribution in [1.29, 1.82) is 5.26 Å². The number of nitriles is 1. The fraction of sp³-hybridized carbons (Fsp3) is 0.111. The van der Waals surface area contributed by atoms with Crippen LogP contribution in [0, 0.1) is 17.1 Å². The van der Waals surface area contributed by atoms with Crippen molar-refractivity contribution >= 4 is 50.0 Å². The van der Waals surface area contributed by atoms with Gasteiger partial charge < -0.3 is 0 Å². The number of aromatic nitrogens is 1. The Bertz CT molecular complexity index is 1540. The number of pyridine rings is 1. The van der Waals surface area contributed by atoms with Crippen LogP contribution in [-0.2, 0) is 0 Å². The van der Waals surface area contributed by atoms with Crippen molar-refractivity contribution in [2.75, 3.05) is 0 Å². The first-order valence-corrected chi connectivity index (χ1v) is 17.7. The third-order valence-corrected chi connectivity index (χ3v) is 10.2. The molecule has 0 unspecified atom stereocenters. The van der Waals surface area contributed by atoms with E-state index in [1.165, 1.54) is 4.40 Å². The molecule has 1 heterocycles. The summed E-state index contributed by atoms with van der Waals surface area (Å²) in [6.07, 6.45) is 1.77. The molecule has 4 aromatic carbocycles. The van der Waals surface area contributed by atoms with Crippen LogP contribution in [0.25, 0.3) is 43.6 Å². The molecule has 0 aliphatic carbocycles. The van der Waals surface area contributed by atoms with Gasteiger partial charge in [0.1, 0.15) is 0 Å². The molecule has 0 saturated carbocycles. The zero-order chi connectivity index (χ0) is 21.8. The summed E-state index contributed by atoms with van der Waals surface area (Å²) >= 11 is -2.07. The monoisotopic (exact) mass is 466 g/mol. The summed E-state index contributed by atoms with van der Waals surface area (Å²) in [5.41, 5.74) is 2.11. The summed E-state index contributed by atoms with van der Waals surface area (Å²) in [4.78, 5) is 4.60. The molecular formula is C27H21FGeN2. The van der Waals surface area contributed by atoms with Gasteiger partial charge in [-0.05, 0) is 0 Å². The van der Waals surface area contributed by atoms with Gasteiger partial charge >= 0.3 is 177 Å². The number of nitrogens with zero attached hydrogens (tertiary/aromatic N) is 2. The van der Waals surface area contributed by atoms with Gasteiger partial charge in [0.15, 0.2) is 0 Å². The molecule has 5 rings (SSSR count). The number of fused-ring (bicyclic) bond motifs is 4. The quantitative estimate of drug-likeness (QED) is 0.213. The van der Waals surface area contributed by atoms with E-state index in [0.717, 1.165) is 32.5 Å². The molecule has 5 aromatic rings. The molecule has 0 aliphatic heterocycles. The summed E-state index contributed by atoms with van der Waals surface area (Å²) in [7, 11) is 0. The van der Waals surface area contributed by atoms with E-state index in [1.807, 2.05) is 48.5 Å². The van der Waals surface area contributed by atoms with E-state index < -0.39 is 13.3 Å². The molecule has 2 nitrogen and oxygen atoms in total. The van der Waals surface area contributed by atoms with Crippen LogP contribution >= 0.6 is 0 Å². The topological polar surface area (TPSA) is 36.7 Å². The molecule has 0 fully saturated rings. The Hall–Kier alpha value is -3.23. The fourth-order valence-electron chi connectivity index (χ4n) is 4.27. The van der Waals surface area contributed by atoms with Crippen molar-refractivity contribution < 1.29 is 4.39 Å². The van der Waals surface area contributed by atoms with E-state index >= 15 is 4.39 Å². The minimum absolute atomic E-state index is 0.230. The van der Waals surface area contributed by atoms with Crippen LogP contribution in [0.5, 0.6) is 0 Å². The van der Waals surface area contributed by atoms with Gasteiger partial charge in [-0.15, -0.1) is 0 Å². The zero-order valence-corrected chi connectivity index (χ0v) is 19.8. The molecule has 0 spiro atoms. The van der Waals surface area contributed by atoms with Gasteiger partial charge in [-0.3, -0.25) is 0 Å². The van der Waals surface area contributed by atoms with E-state index in [9.17, 15) is 5.26 Å². The Balaban J connectivity index is 1.82. The normalized spacial score (nSPS) is 11.8. The summed E-state index contributed by atoms with van der Waals surface area (Å²) in [5, 5.41) is 14.8. The Labute approximate surface area is 183 Å². The SMILES string of the molecule is [CH3][Ge]([CH3])([CH3])[c]1ccc2c(c1)c(F)cc1c(-c3cc(C#N)c4ccccc4c3)nccc12. The minimum atomic E-state index is -2.07. The summed E-state index contributed by atoms with van der Waals surface area (Å²) in [6, 6.07) is 23.8. The molecule has 0 N–H and O–H groups in total. The first-order valence-electron chi connectivity index (χ1n) is 10.3. The van der Waals surface area contributed by atoms with Crippen molar-refractivity contribution in [2.24, 2.45) is 0 Å². The van der Waals surface area contributed by atoms with Gasteiger partial charge in [0.2, 0.25) is 0 Å². The summed E-state index contributed by atoms with van der Waals surface area (Å²) < 4.78 is 16.6. The Kier molecular flexibility index (Phi) is 4.57. The molecule has 0 radical (unpaired) electrons. The second-order valence-electron chi connectivity index (χ2n) is 8.98. The molecule has 0 aliphatic rings. The van der Waals surface area contributed by atoms with Gasteiger partial charge in [-0.1, -0.05) is 6.07 Å².